The number of aliphatic hydroxyl groups excluding tert-OH is 1. The van der Waals surface area contributed by atoms with Gasteiger partial charge >= 0.3 is 5.97 Å². The second kappa shape index (κ2) is 18.7. The summed E-state index contributed by atoms with van der Waals surface area (Å²) in [5.74, 6) is 0.185. The largest absolute Gasteiger partial charge is 0.458 e. The molecule has 2 heterocycles. The van der Waals surface area contributed by atoms with Crippen LogP contribution in [-0.2, 0) is 14.3 Å². The Balaban J connectivity index is 1.31. The number of carbonyl (C=O) groups excluding carboxylic acids is 2. The first-order valence-electron chi connectivity index (χ1n) is 18.6. The lowest BCUT2D eigenvalue weighted by molar-refractivity contribution is -0.156. The first kappa shape index (κ1) is 40.5. The molecule has 0 aliphatic carbocycles. The average Bonchev–Trinajstić information content (AvgIpc) is 3.91. The van der Waals surface area contributed by atoms with Crippen LogP contribution < -0.4 is 16.0 Å². The Labute approximate surface area is 337 Å². The van der Waals surface area contributed by atoms with Crippen molar-refractivity contribution < 1.29 is 19.4 Å². The molecule has 1 aromatic heterocycles. The maximum atomic E-state index is 14.1. The number of aromatic nitrogens is 1. The molecule has 5 aromatic rings. The van der Waals surface area contributed by atoms with Crippen LogP contribution in [0.25, 0.3) is 10.6 Å². The van der Waals surface area contributed by atoms with Crippen LogP contribution in [0.1, 0.15) is 60.7 Å². The maximum absolute atomic E-state index is 14.1. The summed E-state index contributed by atoms with van der Waals surface area (Å²) >= 11 is 5.02. The van der Waals surface area contributed by atoms with Crippen molar-refractivity contribution in [3.8, 4) is 10.6 Å². The van der Waals surface area contributed by atoms with E-state index in [1.54, 1.807) is 24.0 Å². The molecule has 288 valence electrons. The summed E-state index contributed by atoms with van der Waals surface area (Å²) in [6.07, 6.45) is 5.07. The number of anilines is 1. The minimum absolute atomic E-state index is 0.139. The normalized spacial score (nSPS) is 17.0. The van der Waals surface area contributed by atoms with E-state index < -0.39 is 16.4 Å². The minimum Gasteiger partial charge on any atom is -0.458 e. The molecule has 0 bridgehead atoms. The molecule has 1 fully saturated rings. The number of rotatable bonds is 16. The van der Waals surface area contributed by atoms with Crippen molar-refractivity contribution in [1.29, 1.82) is 0 Å². The Morgan fingerprint density at radius 1 is 0.945 bits per heavy atom. The van der Waals surface area contributed by atoms with Gasteiger partial charge in [0.1, 0.15) is 16.7 Å². The summed E-state index contributed by atoms with van der Waals surface area (Å²) in [5.41, 5.74) is 4.65. The third kappa shape index (κ3) is 10.0. The number of thioether (sulfide) groups is 2. The molecule has 11 heteroatoms. The zero-order valence-electron chi connectivity index (χ0n) is 31.7. The molecule has 0 saturated carbocycles. The van der Waals surface area contributed by atoms with E-state index in [4.69, 9.17) is 4.74 Å². The molecule has 1 unspecified atom stereocenters. The molecule has 4 atom stereocenters. The monoisotopic (exact) mass is 794 g/mol. The van der Waals surface area contributed by atoms with E-state index >= 15 is 0 Å². The van der Waals surface area contributed by atoms with Gasteiger partial charge in [0.05, 0.1) is 17.4 Å². The summed E-state index contributed by atoms with van der Waals surface area (Å²) in [4.78, 5) is 32.2. The summed E-state index contributed by atoms with van der Waals surface area (Å²) in [5, 5.41) is 22.9. The Kier molecular flexibility index (Phi) is 13.8. The van der Waals surface area contributed by atoms with Crippen molar-refractivity contribution in [1.82, 2.24) is 15.6 Å². The fourth-order valence-corrected chi connectivity index (χ4v) is 10.0. The zero-order valence-corrected chi connectivity index (χ0v) is 34.2. The van der Waals surface area contributed by atoms with Gasteiger partial charge in [-0.15, -0.1) is 23.1 Å². The third-order valence-corrected chi connectivity index (χ3v) is 12.8. The number of nitrogens with one attached hydrogen (secondary N) is 3. The molecule has 4 aromatic carbocycles. The lowest BCUT2D eigenvalue weighted by Gasteiger charge is -2.37. The first-order valence-corrected chi connectivity index (χ1v) is 21.8. The van der Waals surface area contributed by atoms with Gasteiger partial charge in [0.25, 0.3) is 5.91 Å². The van der Waals surface area contributed by atoms with E-state index in [0.29, 0.717) is 41.2 Å². The molecule has 1 aliphatic rings. The SMILES string of the molecule is CSCC[C@@H](CO)NC(=O)c1ccc(NC(C(=O)OC(C)(C)C)[C@@H]2C[C@H](SC(c3ccccc3)(c3ccccc3)c3ccccc3)CN2)cc1-c1nccs1. The fraction of sp³-hybridized carbons (Fsp3) is 0.341. The van der Waals surface area contributed by atoms with E-state index in [2.05, 4.69) is 112 Å². The number of nitrogens with zero attached hydrogens (tertiary/aromatic N) is 1. The molecule has 0 spiro atoms. The van der Waals surface area contributed by atoms with Crippen molar-refractivity contribution >= 4 is 52.4 Å². The number of esters is 1. The van der Waals surface area contributed by atoms with E-state index in [-0.39, 0.29) is 35.8 Å². The topological polar surface area (TPSA) is 113 Å². The van der Waals surface area contributed by atoms with E-state index in [0.717, 1.165) is 5.75 Å². The van der Waals surface area contributed by atoms with Crippen molar-refractivity contribution in [3.63, 3.8) is 0 Å². The van der Waals surface area contributed by atoms with Gasteiger partial charge in [-0.2, -0.15) is 11.8 Å². The highest BCUT2D eigenvalue weighted by molar-refractivity contribution is 8.01. The molecule has 1 aliphatic heterocycles. The Morgan fingerprint density at radius 2 is 1.56 bits per heavy atom. The second-order valence-corrected chi connectivity index (χ2v) is 18.1. The highest BCUT2D eigenvalue weighted by Gasteiger charge is 2.44. The predicted molar refractivity (Wildman–Crippen MR) is 229 cm³/mol. The zero-order chi connectivity index (χ0) is 38.8. The predicted octanol–water partition coefficient (Wildman–Crippen LogP) is 8.23. The van der Waals surface area contributed by atoms with Crippen LogP contribution in [0.2, 0.25) is 0 Å². The first-order chi connectivity index (χ1) is 26.6. The van der Waals surface area contributed by atoms with Crippen LogP contribution in [0.15, 0.2) is 121 Å². The summed E-state index contributed by atoms with van der Waals surface area (Å²) in [6.45, 7) is 6.18. The summed E-state index contributed by atoms with van der Waals surface area (Å²) in [7, 11) is 0. The Morgan fingerprint density at radius 3 is 2.09 bits per heavy atom. The van der Waals surface area contributed by atoms with Crippen LogP contribution in [0.3, 0.4) is 0 Å². The average molecular weight is 795 g/mol. The number of benzene rings is 4. The van der Waals surface area contributed by atoms with Gasteiger partial charge in [0.2, 0.25) is 0 Å². The van der Waals surface area contributed by atoms with Gasteiger partial charge < -0.3 is 25.8 Å². The van der Waals surface area contributed by atoms with Crippen LogP contribution in [0.5, 0.6) is 0 Å². The lowest BCUT2D eigenvalue weighted by Crippen LogP contribution is -2.48. The number of hydrogen-bond acceptors (Lipinski definition) is 10. The highest BCUT2D eigenvalue weighted by Crippen LogP contribution is 2.51. The molecular weight excluding hydrogens is 745 g/mol. The number of hydrogen-bond donors (Lipinski definition) is 4. The molecule has 1 saturated heterocycles. The van der Waals surface area contributed by atoms with Crippen molar-refractivity contribution in [2.24, 2.45) is 0 Å². The smallest absolute Gasteiger partial charge is 0.330 e. The third-order valence-electron chi connectivity index (χ3n) is 9.55. The van der Waals surface area contributed by atoms with Gasteiger partial charge in [-0.3, -0.25) is 4.79 Å². The molecule has 6 rings (SSSR count). The second-order valence-electron chi connectivity index (χ2n) is 14.7. The number of aliphatic hydroxyl groups is 1. The molecule has 55 heavy (non-hydrogen) atoms. The molecular formula is C44H50N4O4S3. The van der Waals surface area contributed by atoms with Gasteiger partial charge in [0.15, 0.2) is 0 Å². The number of thiazole rings is 1. The quantitative estimate of drug-likeness (QED) is 0.0580. The molecule has 1 amide bonds. The minimum atomic E-state index is -0.724. The molecule has 4 N–H and O–H groups in total. The molecule has 8 nitrogen and oxygen atoms in total. The number of ether oxygens (including phenoxy) is 1. The van der Waals surface area contributed by atoms with E-state index in [1.807, 2.05) is 56.3 Å². The number of amides is 1. The highest BCUT2D eigenvalue weighted by atomic mass is 32.2. The van der Waals surface area contributed by atoms with Crippen LogP contribution in [0.4, 0.5) is 5.69 Å². The van der Waals surface area contributed by atoms with E-state index in [9.17, 15) is 14.7 Å². The van der Waals surface area contributed by atoms with Crippen molar-refractivity contribution in [2.45, 2.75) is 67.3 Å². The van der Waals surface area contributed by atoms with Crippen LogP contribution >= 0.6 is 34.9 Å². The van der Waals surface area contributed by atoms with Gasteiger partial charge in [-0.05, 0) is 80.5 Å². The van der Waals surface area contributed by atoms with Gasteiger partial charge in [0, 0.05) is 46.2 Å². The maximum Gasteiger partial charge on any atom is 0.330 e. The van der Waals surface area contributed by atoms with Crippen LogP contribution in [-0.4, -0.2) is 76.1 Å². The molecule has 0 radical (unpaired) electrons. The van der Waals surface area contributed by atoms with Gasteiger partial charge in [-0.1, -0.05) is 91.0 Å². The lowest BCUT2D eigenvalue weighted by atomic mass is 9.84. The van der Waals surface area contributed by atoms with Crippen molar-refractivity contribution in [3.05, 3.63) is 143 Å². The Hall–Kier alpha value is -4.13. The fourth-order valence-electron chi connectivity index (χ4n) is 7.02. The van der Waals surface area contributed by atoms with E-state index in [1.165, 1.54) is 28.0 Å². The standard InChI is InChI=1S/C44H50N4O4S3/c1-43(2,3)52-42(51)39(47-33-20-21-36(37(26-33)41-45-23-25-54-41)40(50)48-34(29-49)22-24-53-4)38-27-35(28-46-38)55-44(30-14-8-5-9-15-30,31-16-10-6-11-17-31)32-18-12-7-13-19-32/h5-21,23,25-26,34-35,38-39,46-47,49H,22,24,27-29H2,1-4H3,(H,48,50)/t34-,35-,38-,39?/m0/s1. The number of carbonyl (C=O) groups is 2. The Bertz CT molecular complexity index is 1880. The van der Waals surface area contributed by atoms with Crippen LogP contribution in [0, 0.1) is 0 Å². The summed E-state index contributed by atoms with van der Waals surface area (Å²) in [6, 6.07) is 36.1. The summed E-state index contributed by atoms with van der Waals surface area (Å²) < 4.78 is 5.54. The van der Waals surface area contributed by atoms with Gasteiger partial charge in [-0.25, -0.2) is 9.78 Å². The van der Waals surface area contributed by atoms with Crippen molar-refractivity contribution in [2.75, 3.05) is 30.5 Å².